The van der Waals surface area contributed by atoms with Crippen LogP contribution in [0.4, 0.5) is 15.9 Å². The molecule has 0 radical (unpaired) electrons. The van der Waals surface area contributed by atoms with Gasteiger partial charge in [-0.05, 0) is 48.0 Å². The highest BCUT2D eigenvalue weighted by molar-refractivity contribution is 6.31. The third-order valence-electron chi connectivity index (χ3n) is 4.81. The summed E-state index contributed by atoms with van der Waals surface area (Å²) < 4.78 is 15.0. The predicted molar refractivity (Wildman–Crippen MR) is 111 cm³/mol. The fourth-order valence-corrected chi connectivity index (χ4v) is 3.51. The van der Waals surface area contributed by atoms with E-state index in [4.69, 9.17) is 16.6 Å². The molecule has 3 heterocycles. The van der Waals surface area contributed by atoms with E-state index < -0.39 is 5.95 Å². The van der Waals surface area contributed by atoms with E-state index in [2.05, 4.69) is 15.2 Å². The number of rotatable bonds is 3. The Morgan fingerprint density at radius 2 is 1.93 bits per heavy atom. The van der Waals surface area contributed by atoms with E-state index >= 15 is 0 Å². The van der Waals surface area contributed by atoms with Crippen LogP contribution in [-0.2, 0) is 0 Å². The number of aromatic nitrogens is 5. The Morgan fingerprint density at radius 3 is 2.76 bits per heavy atom. The van der Waals surface area contributed by atoms with E-state index in [0.717, 1.165) is 33.5 Å². The molecule has 8 heteroatoms. The highest BCUT2D eigenvalue weighted by atomic mass is 35.5. The third kappa shape index (κ3) is 3.05. The van der Waals surface area contributed by atoms with Crippen molar-refractivity contribution in [2.24, 2.45) is 0 Å². The normalized spacial score (nSPS) is 11.3. The molecule has 29 heavy (non-hydrogen) atoms. The Bertz CT molecular complexity index is 1350. The molecule has 5 rings (SSSR count). The van der Waals surface area contributed by atoms with E-state index in [1.807, 2.05) is 54.4 Å². The molecule has 0 saturated carbocycles. The maximum absolute atomic E-state index is 13.2. The lowest BCUT2D eigenvalue weighted by molar-refractivity contribution is 0.584. The molecule has 0 atom stereocenters. The Labute approximate surface area is 170 Å². The maximum atomic E-state index is 13.2. The highest BCUT2D eigenvalue weighted by Gasteiger charge is 2.15. The molecule has 0 bridgehead atoms. The molecule has 142 valence electrons. The first-order valence-electron chi connectivity index (χ1n) is 8.85. The van der Waals surface area contributed by atoms with Gasteiger partial charge in [0.05, 0.1) is 5.52 Å². The lowest BCUT2D eigenvalue weighted by atomic mass is 10.1. The average Bonchev–Trinajstić information content (AvgIpc) is 3.22. The van der Waals surface area contributed by atoms with Gasteiger partial charge in [-0.1, -0.05) is 23.7 Å². The first-order chi connectivity index (χ1) is 14.1. The first-order valence-corrected chi connectivity index (χ1v) is 9.23. The molecule has 0 amide bonds. The molecule has 0 aliphatic carbocycles. The second kappa shape index (κ2) is 6.79. The summed E-state index contributed by atoms with van der Waals surface area (Å²) in [7, 11) is 1.94. The van der Waals surface area contributed by atoms with Crippen LogP contribution in [0.3, 0.4) is 0 Å². The van der Waals surface area contributed by atoms with Gasteiger partial charge >= 0.3 is 0 Å². The van der Waals surface area contributed by atoms with Gasteiger partial charge in [-0.2, -0.15) is 9.37 Å². The summed E-state index contributed by atoms with van der Waals surface area (Å²) in [6.07, 6.45) is 3.14. The van der Waals surface area contributed by atoms with E-state index in [9.17, 15) is 4.39 Å². The number of pyridine rings is 1. The topological polar surface area (TPSA) is 59.2 Å². The van der Waals surface area contributed by atoms with Crippen LogP contribution in [0.1, 0.15) is 0 Å². The van der Waals surface area contributed by atoms with Crippen molar-refractivity contribution in [2.45, 2.75) is 0 Å². The van der Waals surface area contributed by atoms with E-state index in [-0.39, 0.29) is 0 Å². The molecule has 2 aromatic carbocycles. The molecule has 6 nitrogen and oxygen atoms in total. The molecule has 0 unspecified atom stereocenters. The summed E-state index contributed by atoms with van der Waals surface area (Å²) in [5.74, 6) is 0.713. The summed E-state index contributed by atoms with van der Waals surface area (Å²) >= 11 is 6.21. The predicted octanol–water partition coefficient (Wildman–Crippen LogP) is 4.90. The first kappa shape index (κ1) is 17.5. The molecule has 0 aliphatic heterocycles. The van der Waals surface area contributed by atoms with E-state index in [1.54, 1.807) is 16.8 Å². The number of hydrogen-bond donors (Lipinski definition) is 0. The van der Waals surface area contributed by atoms with Gasteiger partial charge in [-0.3, -0.25) is 4.40 Å². The Hall–Kier alpha value is -3.58. The molecule has 0 fully saturated rings. The van der Waals surface area contributed by atoms with Gasteiger partial charge in [0, 0.05) is 34.9 Å². The van der Waals surface area contributed by atoms with Crippen LogP contribution in [0.5, 0.6) is 0 Å². The van der Waals surface area contributed by atoms with Gasteiger partial charge in [0.25, 0.3) is 5.78 Å². The quantitative estimate of drug-likeness (QED) is 0.400. The number of anilines is 2. The summed E-state index contributed by atoms with van der Waals surface area (Å²) in [6, 6.07) is 16.6. The smallest absolute Gasteiger partial charge is 0.257 e. The fraction of sp³-hybridized carbons (Fsp3) is 0.0476. The molecule has 0 spiro atoms. The highest BCUT2D eigenvalue weighted by Crippen LogP contribution is 2.33. The molecular weight excluding hydrogens is 391 g/mol. The van der Waals surface area contributed by atoms with Gasteiger partial charge < -0.3 is 4.90 Å². The van der Waals surface area contributed by atoms with Gasteiger partial charge in [-0.25, -0.2) is 4.98 Å². The summed E-state index contributed by atoms with van der Waals surface area (Å²) in [5, 5.41) is 9.60. The Balaban J connectivity index is 1.65. The van der Waals surface area contributed by atoms with Crippen molar-refractivity contribution >= 4 is 39.8 Å². The van der Waals surface area contributed by atoms with Crippen LogP contribution in [0, 0.1) is 5.95 Å². The monoisotopic (exact) mass is 404 g/mol. The van der Waals surface area contributed by atoms with Crippen LogP contribution < -0.4 is 4.90 Å². The zero-order valence-corrected chi connectivity index (χ0v) is 16.0. The number of nitrogens with zero attached hydrogens (tertiary/aromatic N) is 6. The van der Waals surface area contributed by atoms with Crippen molar-refractivity contribution in [1.82, 2.24) is 24.6 Å². The molecular formula is C21H14ClFN6. The number of halogens is 2. The summed E-state index contributed by atoms with van der Waals surface area (Å²) in [4.78, 5) is 10.4. The van der Waals surface area contributed by atoms with Crippen LogP contribution in [0.15, 0.2) is 67.1 Å². The standard InChI is InChI=1S/C21H14ClFN6/c1-28(16-4-2-3-13(9-16)14-5-8-19(23)24-11-14)20-17-7-6-15(22)10-18(17)29-12-25-27-21(29)26-20/h2-12H,1H3. The molecule has 0 aliphatic rings. The minimum absolute atomic E-state index is 0.487. The van der Waals surface area contributed by atoms with E-state index in [1.165, 1.54) is 12.3 Å². The summed E-state index contributed by atoms with van der Waals surface area (Å²) in [6.45, 7) is 0. The SMILES string of the molecule is CN(c1cccc(-c2ccc(F)nc2)c1)c1nc2nncn2c2cc(Cl)ccc12. The van der Waals surface area contributed by atoms with Gasteiger partial charge in [0.2, 0.25) is 5.95 Å². The number of fused-ring (bicyclic) bond motifs is 3. The molecule has 0 saturated heterocycles. The van der Waals surface area contributed by atoms with Crippen molar-refractivity contribution < 1.29 is 4.39 Å². The minimum Gasteiger partial charge on any atom is -0.329 e. The van der Waals surface area contributed by atoms with Crippen LogP contribution in [0.25, 0.3) is 27.8 Å². The molecule has 5 aromatic rings. The second-order valence-corrected chi connectivity index (χ2v) is 7.01. The summed E-state index contributed by atoms with van der Waals surface area (Å²) in [5.41, 5.74) is 3.55. The lowest BCUT2D eigenvalue weighted by Crippen LogP contribution is -2.13. The van der Waals surface area contributed by atoms with Gasteiger partial charge in [0.15, 0.2) is 0 Å². The van der Waals surface area contributed by atoms with Crippen molar-refractivity contribution in [2.75, 3.05) is 11.9 Å². The van der Waals surface area contributed by atoms with Gasteiger partial charge in [0.1, 0.15) is 12.1 Å². The third-order valence-corrected chi connectivity index (χ3v) is 5.04. The van der Waals surface area contributed by atoms with Crippen LogP contribution in [0.2, 0.25) is 5.02 Å². The van der Waals surface area contributed by atoms with Crippen molar-refractivity contribution in [1.29, 1.82) is 0 Å². The maximum Gasteiger partial charge on any atom is 0.257 e. The largest absolute Gasteiger partial charge is 0.329 e. The number of benzene rings is 2. The van der Waals surface area contributed by atoms with Crippen LogP contribution >= 0.6 is 11.6 Å². The average molecular weight is 405 g/mol. The zero-order valence-electron chi connectivity index (χ0n) is 15.3. The minimum atomic E-state index is -0.502. The lowest BCUT2D eigenvalue weighted by Gasteiger charge is -2.21. The fourth-order valence-electron chi connectivity index (χ4n) is 3.34. The Morgan fingerprint density at radius 1 is 1.03 bits per heavy atom. The zero-order chi connectivity index (χ0) is 20.0. The molecule has 0 N–H and O–H groups in total. The van der Waals surface area contributed by atoms with E-state index in [0.29, 0.717) is 10.8 Å². The van der Waals surface area contributed by atoms with Crippen molar-refractivity contribution in [3.8, 4) is 11.1 Å². The van der Waals surface area contributed by atoms with Crippen molar-refractivity contribution in [3.63, 3.8) is 0 Å². The molecule has 3 aromatic heterocycles. The van der Waals surface area contributed by atoms with Crippen molar-refractivity contribution in [3.05, 3.63) is 78.1 Å². The second-order valence-electron chi connectivity index (χ2n) is 6.58. The van der Waals surface area contributed by atoms with Gasteiger partial charge in [-0.15, -0.1) is 10.2 Å². The van der Waals surface area contributed by atoms with Crippen LogP contribution in [-0.4, -0.2) is 31.6 Å². The number of hydrogen-bond acceptors (Lipinski definition) is 5. The Kier molecular flexibility index (Phi) is 4.10.